The Balaban J connectivity index is 2.86. The maximum absolute atomic E-state index is 12.4. The van der Waals surface area contributed by atoms with Crippen molar-refractivity contribution in [2.24, 2.45) is 0 Å². The molecule has 0 aromatic carbocycles. The molecule has 8 heteroatoms. The number of ether oxygens (including phenoxy) is 2. The molecule has 1 fully saturated rings. The van der Waals surface area contributed by atoms with Crippen LogP contribution in [0.25, 0.3) is 0 Å². The molecule has 1 aliphatic rings. The molecule has 3 atom stereocenters. The van der Waals surface area contributed by atoms with Crippen LogP contribution >= 0.6 is 0 Å². The quantitative estimate of drug-likeness (QED) is 0.727. The molecule has 2 amide bonds. The second-order valence-corrected chi connectivity index (χ2v) is 4.58. The van der Waals surface area contributed by atoms with Crippen molar-refractivity contribution in [3.05, 3.63) is 0 Å². The van der Waals surface area contributed by atoms with E-state index in [4.69, 9.17) is 9.84 Å². The predicted molar refractivity (Wildman–Crippen MR) is 68.2 cm³/mol. The Morgan fingerprint density at radius 2 is 2.00 bits per heavy atom. The number of carbonyl (C=O) groups is 3. The number of hydrogen-bond acceptors (Lipinski definition) is 5. The van der Waals surface area contributed by atoms with Crippen molar-refractivity contribution >= 4 is 18.0 Å². The van der Waals surface area contributed by atoms with Gasteiger partial charge in [0.1, 0.15) is 12.1 Å². The second kappa shape index (κ2) is 7.09. The number of likely N-dealkylation sites (tertiary alicyclic amines) is 1. The minimum atomic E-state index is -1.04. The Hall–Kier alpha value is -1.83. The first kappa shape index (κ1) is 16.2. The minimum Gasteiger partial charge on any atom is -0.480 e. The number of rotatable bonds is 5. The van der Waals surface area contributed by atoms with Gasteiger partial charge < -0.3 is 24.8 Å². The summed E-state index contributed by atoms with van der Waals surface area (Å²) >= 11 is 0. The van der Waals surface area contributed by atoms with E-state index in [1.165, 1.54) is 19.1 Å². The monoisotopic (exact) mass is 288 g/mol. The van der Waals surface area contributed by atoms with E-state index in [2.05, 4.69) is 10.1 Å². The summed E-state index contributed by atoms with van der Waals surface area (Å²) < 4.78 is 9.54. The topological polar surface area (TPSA) is 105 Å². The SMILES string of the molecule is COC(=O)NC(C(=O)N1CCCC1C(=O)O)C(C)OC. The van der Waals surface area contributed by atoms with Crippen LogP contribution in [-0.2, 0) is 19.1 Å². The summed E-state index contributed by atoms with van der Waals surface area (Å²) in [5.41, 5.74) is 0. The lowest BCUT2D eigenvalue weighted by molar-refractivity contribution is -0.150. The van der Waals surface area contributed by atoms with Gasteiger partial charge in [-0.3, -0.25) is 4.79 Å². The van der Waals surface area contributed by atoms with Gasteiger partial charge in [-0.15, -0.1) is 0 Å². The fourth-order valence-corrected chi connectivity index (χ4v) is 2.17. The fourth-order valence-electron chi connectivity index (χ4n) is 2.17. The van der Waals surface area contributed by atoms with Crippen LogP contribution in [0.1, 0.15) is 19.8 Å². The lowest BCUT2D eigenvalue weighted by Crippen LogP contribution is -2.56. The van der Waals surface area contributed by atoms with Crippen LogP contribution in [-0.4, -0.2) is 66.9 Å². The number of aliphatic carboxylic acids is 1. The summed E-state index contributed by atoms with van der Waals surface area (Å²) in [6.07, 6.45) is -0.336. The van der Waals surface area contributed by atoms with E-state index in [1.54, 1.807) is 6.92 Å². The zero-order chi connectivity index (χ0) is 15.3. The predicted octanol–water partition coefficient (Wildman–Crippen LogP) is -0.178. The second-order valence-electron chi connectivity index (χ2n) is 4.58. The Morgan fingerprint density at radius 3 is 2.50 bits per heavy atom. The van der Waals surface area contributed by atoms with Gasteiger partial charge in [-0.05, 0) is 19.8 Å². The average molecular weight is 288 g/mol. The molecule has 0 saturated carbocycles. The first-order valence-electron chi connectivity index (χ1n) is 6.33. The van der Waals surface area contributed by atoms with Gasteiger partial charge in [0.15, 0.2) is 0 Å². The van der Waals surface area contributed by atoms with Gasteiger partial charge in [-0.25, -0.2) is 9.59 Å². The van der Waals surface area contributed by atoms with Crippen molar-refractivity contribution < 1.29 is 29.0 Å². The molecule has 1 rings (SSSR count). The van der Waals surface area contributed by atoms with Gasteiger partial charge in [-0.2, -0.15) is 0 Å². The smallest absolute Gasteiger partial charge is 0.407 e. The van der Waals surface area contributed by atoms with Crippen LogP contribution in [0.5, 0.6) is 0 Å². The molecule has 0 spiro atoms. The summed E-state index contributed by atoms with van der Waals surface area (Å²) in [4.78, 5) is 36.1. The molecule has 0 aromatic heterocycles. The van der Waals surface area contributed by atoms with E-state index in [-0.39, 0.29) is 0 Å². The van der Waals surface area contributed by atoms with E-state index in [9.17, 15) is 14.4 Å². The van der Waals surface area contributed by atoms with Crippen molar-refractivity contribution in [1.82, 2.24) is 10.2 Å². The van der Waals surface area contributed by atoms with Crippen molar-refractivity contribution in [2.75, 3.05) is 20.8 Å². The summed E-state index contributed by atoms with van der Waals surface area (Å²) in [6, 6.07) is -1.83. The maximum atomic E-state index is 12.4. The minimum absolute atomic E-state index is 0.353. The normalized spacial score (nSPS) is 21.1. The third-order valence-corrected chi connectivity index (χ3v) is 3.39. The van der Waals surface area contributed by atoms with Gasteiger partial charge in [0, 0.05) is 13.7 Å². The number of hydrogen-bond donors (Lipinski definition) is 2. The van der Waals surface area contributed by atoms with Crippen molar-refractivity contribution in [2.45, 2.75) is 38.0 Å². The van der Waals surface area contributed by atoms with Crippen LogP contribution in [0.15, 0.2) is 0 Å². The first-order chi connectivity index (χ1) is 9.42. The van der Waals surface area contributed by atoms with Gasteiger partial charge in [0.05, 0.1) is 13.2 Å². The molecule has 8 nitrogen and oxygen atoms in total. The number of carbonyl (C=O) groups excluding carboxylic acids is 2. The van der Waals surface area contributed by atoms with E-state index in [1.807, 2.05) is 0 Å². The van der Waals surface area contributed by atoms with Gasteiger partial charge >= 0.3 is 12.1 Å². The molecule has 0 aliphatic carbocycles. The van der Waals surface area contributed by atoms with E-state index < -0.39 is 36.2 Å². The molecule has 2 N–H and O–H groups in total. The number of carboxylic acid groups (broad SMARTS) is 1. The summed E-state index contributed by atoms with van der Waals surface area (Å²) in [5.74, 6) is -1.52. The van der Waals surface area contributed by atoms with Crippen LogP contribution in [0, 0.1) is 0 Å². The highest BCUT2D eigenvalue weighted by molar-refractivity contribution is 5.90. The van der Waals surface area contributed by atoms with Crippen LogP contribution < -0.4 is 5.32 Å². The standard InChI is InChI=1S/C12H20N2O6/c1-7(19-2)9(13-12(18)20-3)10(15)14-6-4-5-8(14)11(16)17/h7-9H,4-6H2,1-3H3,(H,13,18)(H,16,17). The zero-order valence-corrected chi connectivity index (χ0v) is 11.8. The molecule has 1 aliphatic heterocycles. The van der Waals surface area contributed by atoms with Crippen molar-refractivity contribution in [1.29, 1.82) is 0 Å². The first-order valence-corrected chi connectivity index (χ1v) is 6.33. The molecule has 1 saturated heterocycles. The lowest BCUT2D eigenvalue weighted by atomic mass is 10.1. The zero-order valence-electron chi connectivity index (χ0n) is 11.8. The van der Waals surface area contributed by atoms with E-state index in [0.29, 0.717) is 19.4 Å². The Morgan fingerprint density at radius 1 is 1.35 bits per heavy atom. The van der Waals surface area contributed by atoms with Crippen molar-refractivity contribution in [3.63, 3.8) is 0 Å². The third kappa shape index (κ3) is 3.60. The van der Waals surface area contributed by atoms with Gasteiger partial charge in [-0.1, -0.05) is 0 Å². The number of alkyl carbamates (subject to hydrolysis) is 1. The highest BCUT2D eigenvalue weighted by Gasteiger charge is 2.39. The van der Waals surface area contributed by atoms with E-state index >= 15 is 0 Å². The molecule has 0 bridgehead atoms. The largest absolute Gasteiger partial charge is 0.480 e. The summed E-state index contributed by atoms with van der Waals surface area (Å²) in [6.45, 7) is 1.97. The van der Waals surface area contributed by atoms with Gasteiger partial charge in [0.2, 0.25) is 5.91 Å². The summed E-state index contributed by atoms with van der Waals surface area (Å²) in [5, 5.41) is 11.5. The number of amides is 2. The molecule has 114 valence electrons. The highest BCUT2D eigenvalue weighted by atomic mass is 16.5. The Bertz CT molecular complexity index is 386. The van der Waals surface area contributed by atoms with E-state index in [0.717, 1.165) is 0 Å². The van der Waals surface area contributed by atoms with Crippen molar-refractivity contribution in [3.8, 4) is 0 Å². The number of methoxy groups -OCH3 is 2. The summed E-state index contributed by atoms with van der Waals surface area (Å²) in [7, 11) is 2.59. The molecular weight excluding hydrogens is 268 g/mol. The molecule has 20 heavy (non-hydrogen) atoms. The highest BCUT2D eigenvalue weighted by Crippen LogP contribution is 2.19. The Labute approximate surface area is 117 Å². The van der Waals surface area contributed by atoms with Crippen LogP contribution in [0.4, 0.5) is 4.79 Å². The van der Waals surface area contributed by atoms with Gasteiger partial charge in [0.25, 0.3) is 0 Å². The van der Waals surface area contributed by atoms with Crippen LogP contribution in [0.2, 0.25) is 0 Å². The fraction of sp³-hybridized carbons (Fsp3) is 0.750. The number of nitrogens with one attached hydrogen (secondary N) is 1. The molecule has 0 aromatic rings. The number of carboxylic acids is 1. The third-order valence-electron chi connectivity index (χ3n) is 3.39. The molecule has 1 heterocycles. The maximum Gasteiger partial charge on any atom is 0.407 e. The van der Waals surface area contributed by atoms with Crippen LogP contribution in [0.3, 0.4) is 0 Å². The molecule has 0 radical (unpaired) electrons. The Kier molecular flexibility index (Phi) is 5.75. The number of nitrogens with zero attached hydrogens (tertiary/aromatic N) is 1. The molecule has 3 unspecified atom stereocenters. The lowest BCUT2D eigenvalue weighted by Gasteiger charge is -2.29. The average Bonchev–Trinajstić information content (AvgIpc) is 2.92. The molecular formula is C12H20N2O6.